The van der Waals surface area contributed by atoms with Crippen LogP contribution in [0.15, 0.2) is 24.3 Å². The van der Waals surface area contributed by atoms with Crippen molar-refractivity contribution in [2.24, 2.45) is 0 Å². The Labute approximate surface area is 128 Å². The maximum absolute atomic E-state index is 5.90. The fraction of sp³-hybridized carbons (Fsp3) is 0.647. The van der Waals surface area contributed by atoms with Crippen LogP contribution < -0.4 is 10.1 Å². The van der Waals surface area contributed by atoms with Gasteiger partial charge >= 0.3 is 0 Å². The molecule has 0 bridgehead atoms. The van der Waals surface area contributed by atoms with Crippen molar-refractivity contribution in [3.05, 3.63) is 29.8 Å². The largest absolute Gasteiger partial charge is 0.493 e. The van der Waals surface area contributed by atoms with Gasteiger partial charge in [-0.25, -0.2) is 0 Å². The zero-order valence-electron chi connectivity index (χ0n) is 13.3. The molecule has 0 aliphatic rings. The van der Waals surface area contributed by atoms with Crippen LogP contribution in [0.4, 0.5) is 0 Å². The van der Waals surface area contributed by atoms with Crippen LogP contribution in [0.25, 0.3) is 0 Å². The molecular weight excluding hydrogens is 266 g/mol. The Hall–Kier alpha value is -0.670. The van der Waals surface area contributed by atoms with Crippen LogP contribution in [-0.4, -0.2) is 24.2 Å². The number of rotatable bonds is 10. The lowest BCUT2D eigenvalue weighted by molar-refractivity contribution is 0.311. The predicted octanol–water partition coefficient (Wildman–Crippen LogP) is 4.66. The van der Waals surface area contributed by atoms with Crippen LogP contribution in [0, 0.1) is 0 Å². The zero-order valence-corrected chi connectivity index (χ0v) is 14.1. The molecule has 0 aliphatic heterocycles. The molecule has 3 heteroatoms. The molecule has 2 atom stereocenters. The van der Waals surface area contributed by atoms with Gasteiger partial charge < -0.3 is 10.1 Å². The second-order valence-corrected chi connectivity index (χ2v) is 6.52. The highest BCUT2D eigenvalue weighted by Gasteiger charge is 2.16. The van der Waals surface area contributed by atoms with Gasteiger partial charge in [0.15, 0.2) is 0 Å². The summed E-state index contributed by atoms with van der Waals surface area (Å²) < 4.78 is 5.90. The van der Waals surface area contributed by atoms with Crippen molar-refractivity contribution in [1.82, 2.24) is 5.32 Å². The highest BCUT2D eigenvalue weighted by Crippen LogP contribution is 2.29. The first-order chi connectivity index (χ1) is 9.72. The molecule has 1 aromatic carbocycles. The standard InChI is InChI=1S/C17H29NOS/c1-5-12-19-17-11-9-8-10-15(17)16(18-7-3)13-20-14(4)6-2/h8-11,14,16,18H,5-7,12-13H2,1-4H3. The fourth-order valence-corrected chi connectivity index (χ4v) is 3.05. The summed E-state index contributed by atoms with van der Waals surface area (Å²) in [5.74, 6) is 2.13. The molecule has 0 amide bonds. The number of para-hydroxylation sites is 1. The molecule has 0 heterocycles. The van der Waals surface area contributed by atoms with Gasteiger partial charge in [-0.05, 0) is 25.5 Å². The summed E-state index contributed by atoms with van der Waals surface area (Å²) in [5, 5.41) is 4.30. The van der Waals surface area contributed by atoms with Crippen LogP contribution >= 0.6 is 11.8 Å². The predicted molar refractivity (Wildman–Crippen MR) is 90.9 cm³/mol. The van der Waals surface area contributed by atoms with Crippen LogP contribution in [0.2, 0.25) is 0 Å². The summed E-state index contributed by atoms with van der Waals surface area (Å²) in [6.45, 7) is 10.6. The molecule has 0 aliphatic carbocycles. The lowest BCUT2D eigenvalue weighted by Gasteiger charge is -2.22. The third kappa shape index (κ3) is 5.76. The summed E-state index contributed by atoms with van der Waals surface area (Å²) in [7, 11) is 0. The average Bonchev–Trinajstić information content (AvgIpc) is 2.49. The Morgan fingerprint density at radius 3 is 2.60 bits per heavy atom. The Morgan fingerprint density at radius 1 is 1.20 bits per heavy atom. The fourth-order valence-electron chi connectivity index (χ4n) is 2.00. The molecule has 2 unspecified atom stereocenters. The monoisotopic (exact) mass is 295 g/mol. The SMILES string of the molecule is CCCOc1ccccc1C(CSC(C)CC)NCC. The van der Waals surface area contributed by atoms with Crippen LogP contribution in [0.5, 0.6) is 5.75 Å². The molecule has 0 saturated heterocycles. The van der Waals surface area contributed by atoms with E-state index in [1.54, 1.807) is 0 Å². The smallest absolute Gasteiger partial charge is 0.124 e. The maximum atomic E-state index is 5.90. The molecule has 1 N–H and O–H groups in total. The molecule has 20 heavy (non-hydrogen) atoms. The second kappa shape index (κ2) is 10.1. The highest BCUT2D eigenvalue weighted by molar-refractivity contribution is 7.99. The Kier molecular flexibility index (Phi) is 8.79. The molecule has 1 rings (SSSR count). The summed E-state index contributed by atoms with van der Waals surface area (Å²) in [6.07, 6.45) is 2.26. The quantitative estimate of drug-likeness (QED) is 0.678. The first-order valence-electron chi connectivity index (χ1n) is 7.79. The minimum atomic E-state index is 0.368. The Morgan fingerprint density at radius 2 is 1.95 bits per heavy atom. The molecule has 0 fully saturated rings. The van der Waals surface area contributed by atoms with Crippen molar-refractivity contribution < 1.29 is 4.74 Å². The summed E-state index contributed by atoms with van der Waals surface area (Å²) in [4.78, 5) is 0. The van der Waals surface area contributed by atoms with E-state index in [0.717, 1.165) is 31.1 Å². The molecule has 0 radical (unpaired) electrons. The van der Waals surface area contributed by atoms with Crippen molar-refractivity contribution in [3.8, 4) is 5.75 Å². The van der Waals surface area contributed by atoms with E-state index in [9.17, 15) is 0 Å². The van der Waals surface area contributed by atoms with Gasteiger partial charge in [0.1, 0.15) is 5.75 Å². The van der Waals surface area contributed by atoms with Crippen molar-refractivity contribution >= 4 is 11.8 Å². The summed E-state index contributed by atoms with van der Waals surface area (Å²) in [6, 6.07) is 8.80. The topological polar surface area (TPSA) is 21.3 Å². The van der Waals surface area contributed by atoms with E-state index in [-0.39, 0.29) is 0 Å². The van der Waals surface area contributed by atoms with E-state index in [0.29, 0.717) is 11.3 Å². The van der Waals surface area contributed by atoms with E-state index < -0.39 is 0 Å². The third-order valence-corrected chi connectivity index (χ3v) is 4.76. The van der Waals surface area contributed by atoms with Gasteiger partial charge in [0.25, 0.3) is 0 Å². The van der Waals surface area contributed by atoms with E-state index in [1.807, 2.05) is 11.8 Å². The summed E-state index contributed by atoms with van der Waals surface area (Å²) >= 11 is 2.03. The van der Waals surface area contributed by atoms with E-state index in [1.165, 1.54) is 12.0 Å². The number of hydrogen-bond donors (Lipinski definition) is 1. The lowest BCUT2D eigenvalue weighted by atomic mass is 10.1. The number of benzene rings is 1. The van der Waals surface area contributed by atoms with Gasteiger partial charge in [-0.2, -0.15) is 11.8 Å². The van der Waals surface area contributed by atoms with Crippen LogP contribution in [-0.2, 0) is 0 Å². The second-order valence-electron chi connectivity index (χ2n) is 5.05. The minimum absolute atomic E-state index is 0.368. The van der Waals surface area contributed by atoms with E-state index in [2.05, 4.69) is 57.3 Å². The van der Waals surface area contributed by atoms with Crippen molar-refractivity contribution in [3.63, 3.8) is 0 Å². The lowest BCUT2D eigenvalue weighted by Crippen LogP contribution is -2.24. The number of thioether (sulfide) groups is 1. The van der Waals surface area contributed by atoms with Crippen molar-refractivity contribution in [2.45, 2.75) is 51.8 Å². The third-order valence-electron chi connectivity index (χ3n) is 3.33. The van der Waals surface area contributed by atoms with Gasteiger partial charge in [-0.15, -0.1) is 0 Å². The molecule has 1 aromatic rings. The van der Waals surface area contributed by atoms with Gasteiger partial charge in [0, 0.05) is 22.6 Å². The average molecular weight is 295 g/mol. The molecule has 114 valence electrons. The van der Waals surface area contributed by atoms with Crippen molar-refractivity contribution in [2.75, 3.05) is 18.9 Å². The first-order valence-corrected chi connectivity index (χ1v) is 8.84. The Bertz CT molecular complexity index is 370. The van der Waals surface area contributed by atoms with Crippen LogP contribution in [0.1, 0.15) is 52.1 Å². The normalized spacial score (nSPS) is 14.0. The number of hydrogen-bond acceptors (Lipinski definition) is 3. The molecule has 0 spiro atoms. The highest BCUT2D eigenvalue weighted by atomic mass is 32.2. The van der Waals surface area contributed by atoms with Gasteiger partial charge in [-0.1, -0.05) is 45.9 Å². The molecule has 0 saturated carbocycles. The van der Waals surface area contributed by atoms with Gasteiger partial charge in [0.2, 0.25) is 0 Å². The summed E-state index contributed by atoms with van der Waals surface area (Å²) in [5.41, 5.74) is 1.29. The van der Waals surface area contributed by atoms with E-state index in [4.69, 9.17) is 4.74 Å². The Balaban J connectivity index is 2.78. The maximum Gasteiger partial charge on any atom is 0.124 e. The van der Waals surface area contributed by atoms with Gasteiger partial charge in [0.05, 0.1) is 6.61 Å². The molecule has 0 aromatic heterocycles. The molecule has 2 nitrogen and oxygen atoms in total. The number of ether oxygens (including phenoxy) is 1. The van der Waals surface area contributed by atoms with Crippen LogP contribution in [0.3, 0.4) is 0 Å². The van der Waals surface area contributed by atoms with Crippen molar-refractivity contribution in [1.29, 1.82) is 0 Å². The molecular formula is C17H29NOS. The first kappa shape index (κ1) is 17.4. The van der Waals surface area contributed by atoms with E-state index >= 15 is 0 Å². The van der Waals surface area contributed by atoms with Gasteiger partial charge in [-0.3, -0.25) is 0 Å². The minimum Gasteiger partial charge on any atom is -0.493 e. The zero-order chi connectivity index (χ0) is 14.8. The number of nitrogens with one attached hydrogen (secondary N) is 1.